The zero-order valence-corrected chi connectivity index (χ0v) is 12.5. The Morgan fingerprint density at radius 1 is 1.38 bits per heavy atom. The van der Waals surface area contributed by atoms with Crippen molar-refractivity contribution in [2.24, 2.45) is 5.73 Å². The van der Waals surface area contributed by atoms with Gasteiger partial charge in [0, 0.05) is 43.0 Å². The summed E-state index contributed by atoms with van der Waals surface area (Å²) in [6.07, 6.45) is 0.924. The molecule has 6 heteroatoms. The number of hydrogen-bond acceptors (Lipinski definition) is 5. The normalized spacial score (nSPS) is 14.7. The molecule has 1 aromatic heterocycles. The smallest absolute Gasteiger partial charge is 0.257 e. The molecule has 3 rings (SSSR count). The number of benzene rings is 1. The van der Waals surface area contributed by atoms with Gasteiger partial charge in [0.25, 0.3) is 5.91 Å². The molecule has 1 aliphatic heterocycles. The number of carbonyl (C=O) groups is 1. The average Bonchev–Trinajstić information content (AvgIpc) is 2.90. The van der Waals surface area contributed by atoms with Gasteiger partial charge in [0.05, 0.1) is 5.69 Å². The van der Waals surface area contributed by atoms with E-state index in [4.69, 9.17) is 5.73 Å². The summed E-state index contributed by atoms with van der Waals surface area (Å²) in [5.41, 5.74) is 7.36. The van der Waals surface area contributed by atoms with E-state index in [2.05, 4.69) is 15.2 Å². The first-order valence-electron chi connectivity index (χ1n) is 7.03. The Labute approximate surface area is 127 Å². The van der Waals surface area contributed by atoms with Gasteiger partial charge in [-0.3, -0.25) is 15.0 Å². The number of fused-ring (bicyclic) bond motifs is 1. The Morgan fingerprint density at radius 2 is 2.19 bits per heavy atom. The van der Waals surface area contributed by atoms with Crippen molar-refractivity contribution >= 4 is 22.4 Å². The van der Waals surface area contributed by atoms with E-state index in [9.17, 15) is 4.79 Å². The number of thiazole rings is 1. The van der Waals surface area contributed by atoms with Crippen LogP contribution in [0.1, 0.15) is 20.9 Å². The Hall–Kier alpha value is -1.76. The van der Waals surface area contributed by atoms with E-state index in [1.807, 2.05) is 18.2 Å². The van der Waals surface area contributed by atoms with Crippen LogP contribution in [0.2, 0.25) is 0 Å². The molecule has 0 saturated carbocycles. The lowest BCUT2D eigenvalue weighted by Crippen LogP contribution is -2.33. The van der Waals surface area contributed by atoms with Crippen LogP contribution < -0.4 is 11.1 Å². The lowest BCUT2D eigenvalue weighted by molar-refractivity contribution is 0.102. The van der Waals surface area contributed by atoms with Gasteiger partial charge in [0.2, 0.25) is 0 Å². The van der Waals surface area contributed by atoms with E-state index in [1.54, 1.807) is 23.5 Å². The summed E-state index contributed by atoms with van der Waals surface area (Å²) >= 11 is 1.56. The predicted molar refractivity (Wildman–Crippen MR) is 84.5 cm³/mol. The van der Waals surface area contributed by atoms with Gasteiger partial charge >= 0.3 is 0 Å². The molecule has 3 N–H and O–H groups in total. The zero-order chi connectivity index (χ0) is 14.7. The minimum atomic E-state index is -0.111. The molecule has 0 fully saturated rings. The first kappa shape index (κ1) is 14.2. The van der Waals surface area contributed by atoms with Crippen molar-refractivity contribution in [3.63, 3.8) is 0 Å². The van der Waals surface area contributed by atoms with E-state index in [0.717, 1.165) is 31.7 Å². The largest absolute Gasteiger partial charge is 0.329 e. The molecule has 0 unspecified atom stereocenters. The lowest BCUT2D eigenvalue weighted by atomic mass is 10.2. The lowest BCUT2D eigenvalue weighted by Gasteiger charge is -2.24. The number of nitrogens with two attached hydrogens (primary N) is 1. The molecule has 0 atom stereocenters. The topological polar surface area (TPSA) is 71.2 Å². The van der Waals surface area contributed by atoms with Gasteiger partial charge in [-0.15, -0.1) is 11.3 Å². The van der Waals surface area contributed by atoms with Crippen molar-refractivity contribution in [3.05, 3.63) is 46.5 Å². The van der Waals surface area contributed by atoms with Crippen molar-refractivity contribution < 1.29 is 4.79 Å². The maximum Gasteiger partial charge on any atom is 0.257 e. The number of nitrogens with zero attached hydrogens (tertiary/aromatic N) is 2. The summed E-state index contributed by atoms with van der Waals surface area (Å²) in [4.78, 5) is 20.2. The fraction of sp³-hybridized carbons (Fsp3) is 0.333. The van der Waals surface area contributed by atoms with Crippen LogP contribution in [-0.2, 0) is 13.0 Å². The maximum absolute atomic E-state index is 12.1. The van der Waals surface area contributed by atoms with Crippen LogP contribution in [0, 0.1) is 0 Å². The third-order valence-corrected chi connectivity index (χ3v) is 4.51. The van der Waals surface area contributed by atoms with Crippen LogP contribution in [0.25, 0.3) is 0 Å². The van der Waals surface area contributed by atoms with E-state index < -0.39 is 0 Å². The molecule has 2 aromatic rings. The number of rotatable bonds is 4. The molecule has 110 valence electrons. The third kappa shape index (κ3) is 3.29. The van der Waals surface area contributed by atoms with Crippen molar-refractivity contribution in [2.75, 3.05) is 25.0 Å². The van der Waals surface area contributed by atoms with Gasteiger partial charge in [-0.25, -0.2) is 4.98 Å². The molecular formula is C15H18N4OS. The summed E-state index contributed by atoms with van der Waals surface area (Å²) in [5, 5.41) is 3.57. The molecule has 5 nitrogen and oxygen atoms in total. The number of nitrogens with one attached hydrogen (secondary N) is 1. The number of aromatic nitrogens is 1. The summed E-state index contributed by atoms with van der Waals surface area (Å²) in [5.74, 6) is -0.111. The molecule has 0 spiro atoms. The molecule has 0 radical (unpaired) electrons. The summed E-state index contributed by atoms with van der Waals surface area (Å²) < 4.78 is 0. The summed E-state index contributed by atoms with van der Waals surface area (Å²) in [6.45, 7) is 3.44. The Balaban J connectivity index is 1.70. The Morgan fingerprint density at radius 3 is 2.95 bits per heavy atom. The number of carbonyl (C=O) groups excluding carboxylic acids is 1. The van der Waals surface area contributed by atoms with E-state index in [-0.39, 0.29) is 5.91 Å². The highest BCUT2D eigenvalue weighted by Gasteiger charge is 2.20. The van der Waals surface area contributed by atoms with Gasteiger partial charge in [-0.1, -0.05) is 18.2 Å². The summed E-state index contributed by atoms with van der Waals surface area (Å²) in [6, 6.07) is 9.20. The second-order valence-corrected chi connectivity index (χ2v) is 6.11. The number of anilines is 1. The molecule has 0 bridgehead atoms. The maximum atomic E-state index is 12.1. The van der Waals surface area contributed by atoms with Crippen molar-refractivity contribution in [1.82, 2.24) is 9.88 Å². The molecule has 1 aromatic carbocycles. The van der Waals surface area contributed by atoms with E-state index in [0.29, 0.717) is 17.2 Å². The predicted octanol–water partition coefficient (Wildman–Crippen LogP) is 1.71. The van der Waals surface area contributed by atoms with E-state index in [1.165, 1.54) is 4.88 Å². The number of hydrogen-bond donors (Lipinski definition) is 2. The van der Waals surface area contributed by atoms with Gasteiger partial charge in [0.1, 0.15) is 0 Å². The van der Waals surface area contributed by atoms with Crippen molar-refractivity contribution in [2.45, 2.75) is 13.0 Å². The molecule has 1 amide bonds. The molecular weight excluding hydrogens is 284 g/mol. The third-order valence-electron chi connectivity index (χ3n) is 3.51. The monoisotopic (exact) mass is 302 g/mol. The Kier molecular flexibility index (Phi) is 4.28. The van der Waals surface area contributed by atoms with Crippen molar-refractivity contribution in [3.8, 4) is 0 Å². The molecule has 2 heterocycles. The zero-order valence-electron chi connectivity index (χ0n) is 11.7. The van der Waals surface area contributed by atoms with Crippen molar-refractivity contribution in [1.29, 1.82) is 0 Å². The quantitative estimate of drug-likeness (QED) is 0.902. The minimum Gasteiger partial charge on any atom is -0.329 e. The summed E-state index contributed by atoms with van der Waals surface area (Å²) in [7, 11) is 0. The molecule has 0 aliphatic carbocycles. The molecule has 0 saturated heterocycles. The van der Waals surface area contributed by atoms with Gasteiger partial charge in [-0.05, 0) is 12.1 Å². The highest BCUT2D eigenvalue weighted by atomic mass is 32.1. The standard InChI is InChI=1S/C15H18N4OS/c16-7-9-19-8-6-12-13(10-19)21-15(17-12)18-14(20)11-4-2-1-3-5-11/h1-5H,6-10,16H2,(H,17,18,20). The average molecular weight is 302 g/mol. The number of amides is 1. The van der Waals surface area contributed by atoms with Crippen LogP contribution in [0.3, 0.4) is 0 Å². The fourth-order valence-electron chi connectivity index (χ4n) is 2.43. The first-order chi connectivity index (χ1) is 10.3. The fourth-order valence-corrected chi connectivity index (χ4v) is 3.48. The van der Waals surface area contributed by atoms with Crippen LogP contribution in [-0.4, -0.2) is 35.4 Å². The highest BCUT2D eigenvalue weighted by Crippen LogP contribution is 2.28. The second kappa shape index (κ2) is 6.34. The van der Waals surface area contributed by atoms with Gasteiger partial charge in [0.15, 0.2) is 5.13 Å². The van der Waals surface area contributed by atoms with Crippen LogP contribution in [0.15, 0.2) is 30.3 Å². The van der Waals surface area contributed by atoms with Gasteiger partial charge < -0.3 is 5.73 Å². The second-order valence-electron chi connectivity index (χ2n) is 5.02. The SMILES string of the molecule is NCCN1CCc2nc(NC(=O)c3ccccc3)sc2C1. The van der Waals surface area contributed by atoms with Crippen LogP contribution in [0.4, 0.5) is 5.13 Å². The first-order valence-corrected chi connectivity index (χ1v) is 7.85. The minimum absolute atomic E-state index is 0.111. The highest BCUT2D eigenvalue weighted by molar-refractivity contribution is 7.15. The molecule has 21 heavy (non-hydrogen) atoms. The van der Waals surface area contributed by atoms with Crippen LogP contribution in [0.5, 0.6) is 0 Å². The van der Waals surface area contributed by atoms with E-state index >= 15 is 0 Å². The van der Waals surface area contributed by atoms with Crippen LogP contribution >= 0.6 is 11.3 Å². The Bertz CT molecular complexity index is 626. The molecule has 1 aliphatic rings. The van der Waals surface area contributed by atoms with Gasteiger partial charge in [-0.2, -0.15) is 0 Å².